The van der Waals surface area contributed by atoms with Crippen molar-refractivity contribution in [2.24, 2.45) is 0 Å². The van der Waals surface area contributed by atoms with Gasteiger partial charge >= 0.3 is 5.91 Å². The molecule has 1 atom stereocenters. The number of aromatic nitrogens is 2. The summed E-state index contributed by atoms with van der Waals surface area (Å²) < 4.78 is 12.1. The minimum Gasteiger partial charge on any atom is -0.507 e. The fourth-order valence-corrected chi connectivity index (χ4v) is 5.77. The van der Waals surface area contributed by atoms with Gasteiger partial charge in [0.2, 0.25) is 0 Å². The molecule has 1 fully saturated rings. The molecule has 188 valence electrons. The number of rotatable bonds is 6. The van der Waals surface area contributed by atoms with Gasteiger partial charge in [-0.1, -0.05) is 23.5 Å². The number of aryl methyl sites for hydroxylation is 2. The van der Waals surface area contributed by atoms with E-state index in [4.69, 9.17) is 14.5 Å². The molecule has 1 aliphatic rings. The minimum absolute atomic E-state index is 0.0328. The van der Waals surface area contributed by atoms with Crippen LogP contribution in [0.1, 0.15) is 35.2 Å². The Labute approximate surface area is 217 Å². The molecule has 2 aromatic carbocycles. The van der Waals surface area contributed by atoms with Gasteiger partial charge < -0.3 is 14.6 Å². The molecule has 1 unspecified atom stereocenters. The number of Topliss-reactive ketones (excluding diaryl/α,β-unsaturated/α-hetero) is 1. The number of aliphatic hydroxyl groups excluding tert-OH is 1. The van der Waals surface area contributed by atoms with Crippen LogP contribution in [0.4, 0.5) is 5.13 Å². The lowest BCUT2D eigenvalue weighted by molar-refractivity contribution is -0.132. The summed E-state index contributed by atoms with van der Waals surface area (Å²) in [5.41, 5.74) is 3.74. The molecule has 1 N–H and O–H groups in total. The lowest BCUT2D eigenvalue weighted by Gasteiger charge is -2.24. The zero-order chi connectivity index (χ0) is 26.3. The van der Waals surface area contributed by atoms with E-state index in [1.807, 2.05) is 32.9 Å². The Morgan fingerprint density at radius 1 is 1.08 bits per heavy atom. The number of ketones is 1. The van der Waals surface area contributed by atoms with E-state index in [1.165, 1.54) is 35.7 Å². The molecule has 4 aromatic rings. The van der Waals surface area contributed by atoms with Gasteiger partial charge in [0.15, 0.2) is 16.6 Å². The van der Waals surface area contributed by atoms with Gasteiger partial charge in [-0.2, -0.15) is 0 Å². The molecular weight excluding hydrogens is 490 g/mol. The quantitative estimate of drug-likeness (QED) is 0.210. The van der Waals surface area contributed by atoms with Gasteiger partial charge in [-0.3, -0.25) is 19.5 Å². The van der Waals surface area contributed by atoms with E-state index in [9.17, 15) is 14.7 Å². The Bertz CT molecular complexity index is 1560. The van der Waals surface area contributed by atoms with Crippen LogP contribution >= 0.6 is 11.3 Å². The van der Waals surface area contributed by atoms with E-state index >= 15 is 0 Å². The Hall–Kier alpha value is -4.24. The summed E-state index contributed by atoms with van der Waals surface area (Å²) in [6, 6.07) is 11.5. The Balaban J connectivity index is 1.75. The predicted molar refractivity (Wildman–Crippen MR) is 142 cm³/mol. The molecule has 1 aliphatic heterocycles. The van der Waals surface area contributed by atoms with E-state index in [-0.39, 0.29) is 11.3 Å². The van der Waals surface area contributed by atoms with Gasteiger partial charge in [-0.25, -0.2) is 4.98 Å². The first-order valence-corrected chi connectivity index (χ1v) is 12.6. The first kappa shape index (κ1) is 24.5. The number of aliphatic hydroxyl groups is 1. The van der Waals surface area contributed by atoms with Crippen molar-refractivity contribution < 1.29 is 24.2 Å². The van der Waals surface area contributed by atoms with Gasteiger partial charge in [-0.15, -0.1) is 0 Å². The highest BCUT2D eigenvalue weighted by atomic mass is 32.1. The van der Waals surface area contributed by atoms with Crippen LogP contribution in [0.15, 0.2) is 60.4 Å². The molecule has 0 spiro atoms. The molecule has 2 aromatic heterocycles. The molecule has 0 saturated carbocycles. The highest BCUT2D eigenvalue weighted by Gasteiger charge is 2.48. The number of carbonyl (C=O) groups excluding carboxylic acids is 2. The first-order chi connectivity index (χ1) is 17.8. The third kappa shape index (κ3) is 4.21. The lowest BCUT2D eigenvalue weighted by atomic mass is 9.95. The van der Waals surface area contributed by atoms with Crippen molar-refractivity contribution in [3.05, 3.63) is 82.7 Å². The molecule has 3 heterocycles. The molecule has 1 saturated heterocycles. The summed E-state index contributed by atoms with van der Waals surface area (Å²) in [6.45, 7) is 6.28. The van der Waals surface area contributed by atoms with Gasteiger partial charge in [-0.05, 0) is 67.8 Å². The van der Waals surface area contributed by atoms with Crippen LogP contribution in [-0.2, 0) is 9.59 Å². The summed E-state index contributed by atoms with van der Waals surface area (Å²) >= 11 is 1.33. The van der Waals surface area contributed by atoms with Crippen molar-refractivity contribution in [1.82, 2.24) is 9.97 Å². The average molecular weight is 516 g/mol. The molecule has 1 amide bonds. The summed E-state index contributed by atoms with van der Waals surface area (Å²) in [7, 11) is 1.52. The van der Waals surface area contributed by atoms with Crippen LogP contribution < -0.4 is 14.4 Å². The monoisotopic (exact) mass is 515 g/mol. The van der Waals surface area contributed by atoms with E-state index in [0.29, 0.717) is 34.4 Å². The number of amides is 1. The van der Waals surface area contributed by atoms with Gasteiger partial charge in [0.1, 0.15) is 5.76 Å². The number of thiazole rings is 1. The number of fused-ring (bicyclic) bond motifs is 1. The maximum absolute atomic E-state index is 13.5. The lowest BCUT2D eigenvalue weighted by Crippen LogP contribution is -2.29. The number of methoxy groups -OCH3 is 1. The number of carbonyl (C=O) groups is 2. The molecule has 8 nitrogen and oxygen atoms in total. The highest BCUT2D eigenvalue weighted by molar-refractivity contribution is 7.22. The third-order valence-corrected chi connectivity index (χ3v) is 7.23. The van der Waals surface area contributed by atoms with E-state index in [2.05, 4.69) is 4.98 Å². The summed E-state index contributed by atoms with van der Waals surface area (Å²) in [5.74, 6) is -0.856. The Morgan fingerprint density at radius 3 is 2.54 bits per heavy atom. The predicted octanol–water partition coefficient (Wildman–Crippen LogP) is 5.34. The second-order valence-electron chi connectivity index (χ2n) is 8.67. The number of hydrogen-bond donors (Lipinski definition) is 1. The fourth-order valence-electron chi connectivity index (χ4n) is 4.60. The normalized spacial score (nSPS) is 17.0. The standard InChI is InChI=1S/C28H25N3O5S/c1-5-36-19-7-6-18(14-20(19)35-4)24-22(25(32)17-8-10-29-11-9-17)26(33)27(34)31(24)28-30-23-16(3)12-15(2)13-21(23)37-28/h6-14,24,32H,5H2,1-4H3. The van der Waals surface area contributed by atoms with Crippen molar-refractivity contribution in [2.45, 2.75) is 26.8 Å². The molecule has 37 heavy (non-hydrogen) atoms. The molecule has 0 bridgehead atoms. The summed E-state index contributed by atoms with van der Waals surface area (Å²) in [5, 5.41) is 11.6. The first-order valence-electron chi connectivity index (χ1n) is 11.7. The number of nitrogens with zero attached hydrogens (tertiary/aromatic N) is 3. The number of pyridine rings is 1. The van der Waals surface area contributed by atoms with E-state index in [1.54, 1.807) is 30.3 Å². The zero-order valence-electron chi connectivity index (χ0n) is 20.8. The largest absolute Gasteiger partial charge is 0.507 e. The highest BCUT2D eigenvalue weighted by Crippen LogP contribution is 2.46. The van der Waals surface area contributed by atoms with Crippen LogP contribution in [0, 0.1) is 13.8 Å². The van der Waals surface area contributed by atoms with Crippen molar-refractivity contribution in [3.8, 4) is 11.5 Å². The maximum atomic E-state index is 13.5. The van der Waals surface area contributed by atoms with Crippen LogP contribution in [0.2, 0.25) is 0 Å². The zero-order valence-corrected chi connectivity index (χ0v) is 21.6. The van der Waals surface area contributed by atoms with Crippen LogP contribution in [-0.4, -0.2) is 40.5 Å². The maximum Gasteiger partial charge on any atom is 0.301 e. The van der Waals surface area contributed by atoms with Crippen molar-refractivity contribution in [3.63, 3.8) is 0 Å². The van der Waals surface area contributed by atoms with Crippen molar-refractivity contribution in [1.29, 1.82) is 0 Å². The SMILES string of the molecule is CCOc1ccc(C2C(=C(O)c3ccncc3)C(=O)C(=O)N2c2nc3c(C)cc(C)cc3s2)cc1OC. The smallest absolute Gasteiger partial charge is 0.301 e. The van der Waals surface area contributed by atoms with E-state index in [0.717, 1.165) is 21.3 Å². The van der Waals surface area contributed by atoms with Gasteiger partial charge in [0, 0.05) is 18.0 Å². The molecule has 9 heteroatoms. The Kier molecular flexibility index (Phi) is 6.39. The fraction of sp³-hybridized carbons (Fsp3) is 0.214. The number of ether oxygens (including phenoxy) is 2. The van der Waals surface area contributed by atoms with Crippen LogP contribution in [0.3, 0.4) is 0 Å². The second kappa shape index (κ2) is 9.67. The molecule has 5 rings (SSSR count). The van der Waals surface area contributed by atoms with E-state index < -0.39 is 17.7 Å². The van der Waals surface area contributed by atoms with Crippen molar-refractivity contribution >= 4 is 44.1 Å². The molecule has 0 radical (unpaired) electrons. The van der Waals surface area contributed by atoms with Crippen molar-refractivity contribution in [2.75, 3.05) is 18.6 Å². The number of hydrogen-bond acceptors (Lipinski definition) is 8. The van der Waals surface area contributed by atoms with Gasteiger partial charge in [0.25, 0.3) is 5.78 Å². The molecule has 0 aliphatic carbocycles. The second-order valence-corrected chi connectivity index (χ2v) is 9.68. The summed E-state index contributed by atoms with van der Waals surface area (Å²) in [6.07, 6.45) is 3.03. The molecular formula is C28H25N3O5S. The summed E-state index contributed by atoms with van der Waals surface area (Å²) in [4.78, 5) is 37.1. The average Bonchev–Trinajstić information content (AvgIpc) is 3.43. The van der Waals surface area contributed by atoms with Crippen LogP contribution in [0.25, 0.3) is 16.0 Å². The topological polar surface area (TPSA) is 102 Å². The van der Waals surface area contributed by atoms with Gasteiger partial charge in [0.05, 0.1) is 35.5 Å². The minimum atomic E-state index is -0.931. The Morgan fingerprint density at radius 2 is 1.84 bits per heavy atom. The number of anilines is 1. The number of benzene rings is 2. The third-order valence-electron chi connectivity index (χ3n) is 6.23. The van der Waals surface area contributed by atoms with Crippen LogP contribution in [0.5, 0.6) is 11.5 Å².